The van der Waals surface area contributed by atoms with Crippen LogP contribution in [0.4, 0.5) is 22.0 Å². The van der Waals surface area contributed by atoms with Gasteiger partial charge in [0.2, 0.25) is 0 Å². The standard InChI is InChI=1S/C27H22BrN5O2/c28-22-23-25(35-24(22)19-7-3-1-4-8-19)26(31-17-30-23)29-16-15-18-11-13-21(14-12-18)33-27(34)32-20-9-5-2-6-10-20/h1-14,17H,15-16H2,(H,29,30,31)(H2,32,33,34). The molecule has 7 nitrogen and oxygen atoms in total. The second-order valence-corrected chi connectivity index (χ2v) is 8.62. The maximum atomic E-state index is 12.2. The van der Waals surface area contributed by atoms with Crippen molar-refractivity contribution >= 4 is 50.3 Å². The van der Waals surface area contributed by atoms with E-state index >= 15 is 0 Å². The van der Waals surface area contributed by atoms with Crippen molar-refractivity contribution in [3.63, 3.8) is 0 Å². The number of hydrogen-bond acceptors (Lipinski definition) is 5. The summed E-state index contributed by atoms with van der Waals surface area (Å²) in [5.41, 5.74) is 4.90. The molecule has 0 aliphatic heterocycles. The first-order chi connectivity index (χ1) is 17.2. The molecule has 0 radical (unpaired) electrons. The van der Waals surface area contributed by atoms with Crippen molar-refractivity contribution in [3.05, 3.63) is 101 Å². The van der Waals surface area contributed by atoms with E-state index < -0.39 is 0 Å². The van der Waals surface area contributed by atoms with Gasteiger partial charge in [-0.05, 0) is 52.2 Å². The van der Waals surface area contributed by atoms with Crippen molar-refractivity contribution in [2.24, 2.45) is 0 Å². The van der Waals surface area contributed by atoms with Crippen molar-refractivity contribution in [2.75, 3.05) is 22.5 Å². The van der Waals surface area contributed by atoms with Crippen LogP contribution in [0.3, 0.4) is 0 Å². The molecule has 2 heterocycles. The van der Waals surface area contributed by atoms with Crippen LogP contribution in [0.5, 0.6) is 0 Å². The summed E-state index contributed by atoms with van der Waals surface area (Å²) in [7, 11) is 0. The highest BCUT2D eigenvalue weighted by atomic mass is 79.9. The lowest BCUT2D eigenvalue weighted by Gasteiger charge is -2.09. The zero-order chi connectivity index (χ0) is 24.0. The predicted molar refractivity (Wildman–Crippen MR) is 143 cm³/mol. The van der Waals surface area contributed by atoms with Gasteiger partial charge in [-0.25, -0.2) is 14.8 Å². The van der Waals surface area contributed by atoms with Gasteiger partial charge in [-0.15, -0.1) is 0 Å². The zero-order valence-corrected chi connectivity index (χ0v) is 20.2. The van der Waals surface area contributed by atoms with Gasteiger partial charge in [0.05, 0.1) is 4.47 Å². The first-order valence-corrected chi connectivity index (χ1v) is 11.9. The van der Waals surface area contributed by atoms with Crippen LogP contribution in [0, 0.1) is 0 Å². The lowest BCUT2D eigenvalue weighted by Crippen LogP contribution is -2.19. The zero-order valence-electron chi connectivity index (χ0n) is 18.7. The van der Waals surface area contributed by atoms with E-state index in [0.717, 1.165) is 44.7 Å². The Morgan fingerprint density at radius 1 is 0.829 bits per heavy atom. The molecule has 2 amide bonds. The van der Waals surface area contributed by atoms with E-state index in [1.165, 1.54) is 6.33 Å². The SMILES string of the molecule is O=C(Nc1ccccc1)Nc1ccc(CCNc2ncnc3c(Br)c(-c4ccccc4)oc23)cc1. The predicted octanol–water partition coefficient (Wildman–Crippen LogP) is 6.95. The van der Waals surface area contributed by atoms with Gasteiger partial charge in [0, 0.05) is 23.5 Å². The lowest BCUT2D eigenvalue weighted by atomic mass is 10.1. The second-order valence-electron chi connectivity index (χ2n) is 7.83. The number of nitrogens with zero attached hydrogens (tertiary/aromatic N) is 2. The first kappa shape index (κ1) is 22.6. The Morgan fingerprint density at radius 3 is 2.20 bits per heavy atom. The number of para-hydroxylation sites is 1. The number of amides is 2. The van der Waals surface area contributed by atoms with Gasteiger partial charge in [0.15, 0.2) is 17.2 Å². The Kier molecular flexibility index (Phi) is 6.72. The number of rotatable bonds is 7. The Morgan fingerprint density at radius 2 is 1.49 bits per heavy atom. The van der Waals surface area contributed by atoms with Gasteiger partial charge in [-0.2, -0.15) is 0 Å². The summed E-state index contributed by atoms with van der Waals surface area (Å²) < 4.78 is 6.94. The molecule has 35 heavy (non-hydrogen) atoms. The highest BCUT2D eigenvalue weighted by Crippen LogP contribution is 2.38. The fourth-order valence-corrected chi connectivity index (χ4v) is 4.27. The Balaban J connectivity index is 1.20. The highest BCUT2D eigenvalue weighted by Gasteiger charge is 2.18. The van der Waals surface area contributed by atoms with Gasteiger partial charge < -0.3 is 20.4 Å². The largest absolute Gasteiger partial charge is 0.449 e. The van der Waals surface area contributed by atoms with Crippen molar-refractivity contribution in [2.45, 2.75) is 6.42 Å². The van der Waals surface area contributed by atoms with Crippen LogP contribution in [0.25, 0.3) is 22.4 Å². The number of urea groups is 1. The van der Waals surface area contributed by atoms with Crippen LogP contribution in [-0.2, 0) is 6.42 Å². The van der Waals surface area contributed by atoms with E-state index in [4.69, 9.17) is 4.42 Å². The van der Waals surface area contributed by atoms with Crippen LogP contribution in [-0.4, -0.2) is 22.5 Å². The summed E-state index contributed by atoms with van der Waals surface area (Å²) in [5, 5.41) is 9.00. The van der Waals surface area contributed by atoms with E-state index in [1.54, 1.807) is 0 Å². The van der Waals surface area contributed by atoms with Crippen molar-refractivity contribution in [1.82, 2.24) is 9.97 Å². The molecule has 0 atom stereocenters. The molecule has 3 aromatic carbocycles. The number of benzene rings is 3. The van der Waals surface area contributed by atoms with Crippen LogP contribution in [0.1, 0.15) is 5.56 Å². The van der Waals surface area contributed by atoms with Gasteiger partial charge in [0.1, 0.15) is 11.8 Å². The molecule has 5 aromatic rings. The van der Waals surface area contributed by atoms with Gasteiger partial charge in [-0.1, -0.05) is 60.7 Å². The normalized spacial score (nSPS) is 10.8. The van der Waals surface area contributed by atoms with Gasteiger partial charge in [-0.3, -0.25) is 0 Å². The maximum Gasteiger partial charge on any atom is 0.323 e. The van der Waals surface area contributed by atoms with Gasteiger partial charge in [0.25, 0.3) is 0 Å². The average Bonchev–Trinajstić information content (AvgIpc) is 3.23. The molecular weight excluding hydrogens is 506 g/mol. The Hall–Kier alpha value is -4.17. The number of aromatic nitrogens is 2. The third kappa shape index (κ3) is 5.33. The molecule has 8 heteroatoms. The van der Waals surface area contributed by atoms with E-state index in [0.29, 0.717) is 17.9 Å². The van der Waals surface area contributed by atoms with Gasteiger partial charge >= 0.3 is 6.03 Å². The topological polar surface area (TPSA) is 92.1 Å². The minimum Gasteiger partial charge on any atom is -0.449 e. The minimum atomic E-state index is -0.280. The molecule has 3 N–H and O–H groups in total. The molecule has 0 unspecified atom stereocenters. The summed E-state index contributed by atoms with van der Waals surface area (Å²) in [6.45, 7) is 0.659. The first-order valence-electron chi connectivity index (χ1n) is 11.1. The average molecular weight is 528 g/mol. The molecule has 0 aliphatic rings. The van der Waals surface area contributed by atoms with E-state index in [1.807, 2.05) is 84.9 Å². The van der Waals surface area contributed by atoms with Crippen LogP contribution >= 0.6 is 15.9 Å². The minimum absolute atomic E-state index is 0.280. The quantitative estimate of drug-likeness (QED) is 0.213. The number of halogens is 1. The molecule has 0 saturated carbocycles. The number of hydrogen-bond donors (Lipinski definition) is 3. The van der Waals surface area contributed by atoms with Crippen molar-refractivity contribution < 1.29 is 9.21 Å². The van der Waals surface area contributed by atoms with E-state index in [2.05, 4.69) is 41.8 Å². The van der Waals surface area contributed by atoms with Crippen LogP contribution in [0.15, 0.2) is 100 Å². The fraction of sp³-hybridized carbons (Fsp3) is 0.0741. The van der Waals surface area contributed by atoms with E-state index in [-0.39, 0.29) is 6.03 Å². The smallest absolute Gasteiger partial charge is 0.323 e. The number of carbonyl (C=O) groups excluding carboxylic acids is 1. The molecule has 5 rings (SSSR count). The molecule has 2 aromatic heterocycles. The summed E-state index contributed by atoms with van der Waals surface area (Å²) in [5.74, 6) is 1.37. The van der Waals surface area contributed by atoms with Crippen LogP contribution in [0.2, 0.25) is 0 Å². The second kappa shape index (κ2) is 10.4. The molecule has 0 bridgehead atoms. The molecule has 0 aliphatic carbocycles. The van der Waals surface area contributed by atoms with Crippen molar-refractivity contribution in [3.8, 4) is 11.3 Å². The lowest BCUT2D eigenvalue weighted by molar-refractivity contribution is 0.262. The fourth-order valence-electron chi connectivity index (χ4n) is 3.68. The number of fused-ring (bicyclic) bond motifs is 1. The third-order valence-corrected chi connectivity index (χ3v) is 6.14. The summed E-state index contributed by atoms with van der Waals surface area (Å²) >= 11 is 3.62. The molecule has 0 spiro atoms. The van der Waals surface area contributed by atoms with Crippen molar-refractivity contribution in [1.29, 1.82) is 0 Å². The third-order valence-electron chi connectivity index (χ3n) is 5.40. The summed E-state index contributed by atoms with van der Waals surface area (Å²) in [4.78, 5) is 20.9. The molecular formula is C27H22BrN5O2. The van der Waals surface area contributed by atoms with Crippen LogP contribution < -0.4 is 16.0 Å². The number of furan rings is 1. The Labute approximate surface area is 210 Å². The number of carbonyl (C=O) groups is 1. The summed E-state index contributed by atoms with van der Waals surface area (Å²) in [6.07, 6.45) is 2.30. The highest BCUT2D eigenvalue weighted by molar-refractivity contribution is 9.10. The molecule has 174 valence electrons. The number of anilines is 3. The van der Waals surface area contributed by atoms with E-state index in [9.17, 15) is 4.79 Å². The Bertz CT molecular complexity index is 1440. The monoisotopic (exact) mass is 527 g/mol. The maximum absolute atomic E-state index is 12.2. The number of nitrogens with one attached hydrogen (secondary N) is 3. The molecule has 0 fully saturated rings. The summed E-state index contributed by atoms with van der Waals surface area (Å²) in [6, 6.07) is 26.7. The molecule has 0 saturated heterocycles.